The van der Waals surface area contributed by atoms with Gasteiger partial charge in [0.25, 0.3) is 6.33 Å². The van der Waals surface area contributed by atoms with Crippen molar-refractivity contribution in [2.45, 2.75) is 84.0 Å². The van der Waals surface area contributed by atoms with Crippen LogP contribution in [0.4, 0.5) is 0 Å². The molecule has 0 N–H and O–H groups in total. The van der Waals surface area contributed by atoms with E-state index in [4.69, 9.17) is 17.1 Å². The summed E-state index contributed by atoms with van der Waals surface area (Å²) in [4.78, 5) is 4.66. The third-order valence-electron chi connectivity index (χ3n) is 16.8. The molecule has 98 heavy (non-hydrogen) atoms. The van der Waals surface area contributed by atoms with Crippen LogP contribution in [0.1, 0.15) is 148 Å². The molecule has 0 saturated carbocycles. The van der Waals surface area contributed by atoms with Crippen LogP contribution in [0.5, 0.6) is 11.5 Å². The summed E-state index contributed by atoms with van der Waals surface area (Å²) >= 11 is 0. The predicted octanol–water partition coefficient (Wildman–Crippen LogP) is 19.6. The molecule has 1 aliphatic rings. The molecule has 3 heterocycles. The maximum atomic E-state index is 11.1. The van der Waals surface area contributed by atoms with Gasteiger partial charge in [-0.1, -0.05) is 284 Å². The second-order valence-electron chi connectivity index (χ2n) is 23.7. The molecule has 12 aromatic carbocycles. The van der Waals surface area contributed by atoms with Gasteiger partial charge in [0, 0.05) is 75.9 Å². The molecular formula is C91H76N4OPtSi-2. The number of nitrogens with zero attached hydrogens (tertiary/aromatic N) is 4. The Bertz CT molecular complexity index is 7720. The Morgan fingerprint density at radius 2 is 1.16 bits per heavy atom. The van der Waals surface area contributed by atoms with E-state index in [1.807, 2.05) is 20.8 Å². The molecular weight excluding hydrogens is 1390 g/mol. The van der Waals surface area contributed by atoms with E-state index < -0.39 is 317 Å². The number of hydrogen-bond donors (Lipinski definition) is 0. The Morgan fingerprint density at radius 3 is 1.82 bits per heavy atom. The van der Waals surface area contributed by atoms with Crippen LogP contribution >= 0.6 is 0 Å². The van der Waals surface area contributed by atoms with Crippen molar-refractivity contribution in [1.29, 1.82) is 0 Å². The second kappa shape index (κ2) is 25.3. The fourth-order valence-electron chi connectivity index (χ4n) is 12.3. The average molecular weight is 1510 g/mol. The minimum Gasteiger partial charge on any atom is -0.510 e. The number of para-hydroxylation sites is 1. The molecule has 0 bridgehead atoms. The molecule has 0 spiro atoms. The normalized spacial score (nSPS) is 22.1. The summed E-state index contributed by atoms with van der Waals surface area (Å²) in [5.41, 5.74) is -20.9. The fourth-order valence-corrected chi connectivity index (χ4v) is 16.3. The van der Waals surface area contributed by atoms with Gasteiger partial charge in [-0.05, 0) is 153 Å². The van der Waals surface area contributed by atoms with E-state index >= 15 is 0 Å². The van der Waals surface area contributed by atoms with Crippen molar-refractivity contribution in [2.24, 2.45) is 0 Å². The number of imidazole rings is 1. The summed E-state index contributed by atoms with van der Waals surface area (Å²) < 4.78 is 460. The second-order valence-corrected chi connectivity index (χ2v) is 27.3. The van der Waals surface area contributed by atoms with Crippen LogP contribution < -0.4 is 30.1 Å². The fraction of sp³-hybridized carbons (Fsp3) is 0.143. The smallest absolute Gasteiger partial charge is 0.268 e. The van der Waals surface area contributed by atoms with Crippen molar-refractivity contribution in [3.63, 3.8) is 0 Å². The van der Waals surface area contributed by atoms with Gasteiger partial charge in [0.05, 0.1) is 55.1 Å². The summed E-state index contributed by atoms with van der Waals surface area (Å²) in [6, 6.07) is -3.12. The maximum Gasteiger partial charge on any atom is 0.268 e. The van der Waals surface area contributed by atoms with Crippen LogP contribution in [-0.4, -0.2) is 22.2 Å². The molecule has 7 heteroatoms. The molecule has 482 valence electrons. The molecule has 0 aliphatic heterocycles. The monoisotopic (exact) mass is 1510 g/mol. The molecule has 3 aromatic heterocycles. The zero-order valence-corrected chi connectivity index (χ0v) is 54.8. The summed E-state index contributed by atoms with van der Waals surface area (Å²) in [5, 5.41) is -4.37. The van der Waals surface area contributed by atoms with Gasteiger partial charge in [-0.25, -0.2) is 4.98 Å². The van der Waals surface area contributed by atoms with Crippen LogP contribution in [0, 0.1) is 25.3 Å². The van der Waals surface area contributed by atoms with E-state index in [1.165, 1.54) is 47.0 Å². The van der Waals surface area contributed by atoms with E-state index in [1.54, 1.807) is 54.6 Å². The van der Waals surface area contributed by atoms with Crippen molar-refractivity contribution in [3.05, 3.63) is 331 Å². The molecule has 5 nitrogen and oxygen atoms in total. The van der Waals surface area contributed by atoms with Crippen LogP contribution in [0.15, 0.2) is 291 Å². The Morgan fingerprint density at radius 1 is 0.541 bits per heavy atom. The van der Waals surface area contributed by atoms with Gasteiger partial charge < -0.3 is 13.9 Å². The first-order valence-electron chi connectivity index (χ1n) is 53.5. The number of fused-ring (bicyclic) bond motifs is 5. The Labute approximate surface area is 657 Å². The molecule has 0 saturated heterocycles. The topological polar surface area (TPSA) is 35.9 Å². The van der Waals surface area contributed by atoms with Crippen LogP contribution in [0.25, 0.3) is 94.5 Å². The molecule has 0 unspecified atom stereocenters. The van der Waals surface area contributed by atoms with E-state index in [-0.39, 0.29) is 66.2 Å². The molecule has 0 atom stereocenters. The molecule has 16 rings (SSSR count). The van der Waals surface area contributed by atoms with E-state index in [0.717, 1.165) is 27.0 Å². The third kappa shape index (κ3) is 11.3. The number of aromatic nitrogens is 4. The summed E-state index contributed by atoms with van der Waals surface area (Å²) in [5.74, 6) is -0.505. The number of pyridine rings is 1. The van der Waals surface area contributed by atoms with Gasteiger partial charge in [-0.15, -0.1) is 29.7 Å². The average Bonchev–Trinajstić information content (AvgIpc) is 0.875. The van der Waals surface area contributed by atoms with Gasteiger partial charge in [0.2, 0.25) is 0 Å². The maximum absolute atomic E-state index is 11.1. The van der Waals surface area contributed by atoms with Crippen LogP contribution in [0.2, 0.25) is 0 Å². The minimum atomic E-state index is -7.22. The SMILES string of the molecule is [2H]c1c([2H])c([2H])c(-c2cc(-c3c([2H])c([2H])c4c(c3[2H])C(C([2H])([2H])[2H])(C([2H])([2H])[2H])C([2H])([2H])C([2H])([2H])C4(C([2H])([2H])[2H])C([2H])([2H])[2H])c(-[n+]3[c-]n(-c4[c-]c(Oc5[c-]c6c(cc5)c5ccccc5n6-c5cc(C([2H])([2H])[2H])c(-c6c([2H])c([2H])c([2H])c([2H])c6[2H])cn5)ccc4)c4cc(-c5ccc(C(C)(C)C)cc5)ccc43)c([Si](c3c([2H])c([2H])c([2H])c([2H])c3[2H])(c3c([2H])c([2H])c([2H])c([2H])c3[2H])c3c([2H])c([2H])c([2H])c([2H])c3[2H])c2)c([2H])c1[2H].[Pt]. The van der Waals surface area contributed by atoms with Crippen LogP contribution in [-0.2, 0) is 37.3 Å². The van der Waals surface area contributed by atoms with Gasteiger partial charge in [0.1, 0.15) is 5.82 Å². The minimum absolute atomic E-state index is 0. The van der Waals surface area contributed by atoms with Gasteiger partial charge in [0.15, 0.2) is 8.07 Å². The van der Waals surface area contributed by atoms with E-state index in [0.29, 0.717) is 34.0 Å². The largest absolute Gasteiger partial charge is 0.510 e. The number of hydrogen-bond acceptors (Lipinski definition) is 2. The molecule has 0 fully saturated rings. The first-order valence-corrected chi connectivity index (χ1v) is 32.0. The molecule has 15 aromatic rings. The standard InChI is InChI=1S/C91H76N4OSi.Pt/c1-62-53-87(92-60-79(62)65-29-16-10-17-30-65)95-82-40-25-24-39-76(82)77-48-47-72(59-84(77)95)96-71-32-26-31-70(58-71)93-61-94(83-50-44-66(56-85(83)93)64-41-45-69(46-42-64)89(2,3)4)88-78(67-43-49-80-81(55-67)91(7,8)52-51-90(80,5)6)54-68(63-27-14-9-15-28-63)57-86(88)97(73-33-18-11-19-34-73,74-35-20-12-21-36-74)75-37-22-13-23-38-75;/h9-50,53-57,60H,51-52H2,1-8H3;/q-2;/i1D3,5D3,6D3,7D3,8D3,9D,10D,11D,12D,13D,14D,15D,16D,17D,18D,19D,20D,21D,22D,23D,27D,28D,29D,30D,33D,34D,35D,36D,37D,38D,43D,49D,51D2,52D2,55D;. The van der Waals surface area contributed by atoms with E-state index in [9.17, 15) is 52.1 Å². The van der Waals surface area contributed by atoms with E-state index in [2.05, 4.69) is 23.4 Å². The van der Waals surface area contributed by atoms with Crippen LogP contribution in [0.3, 0.4) is 0 Å². The Balaban J connectivity index is 0.0000158. The quantitative estimate of drug-likeness (QED) is 0.0499. The predicted molar refractivity (Wildman–Crippen MR) is 404 cm³/mol. The number of aryl methyl sites for hydroxylation is 1. The first kappa shape index (κ1) is 29.9. The Kier molecular flexibility index (Phi) is 7.71. The Hall–Kier alpha value is -10.2. The van der Waals surface area contributed by atoms with Gasteiger partial charge in [-0.3, -0.25) is 4.57 Å². The molecule has 0 radical (unpaired) electrons. The van der Waals surface area contributed by atoms with Crippen molar-refractivity contribution in [3.8, 4) is 73.2 Å². The summed E-state index contributed by atoms with van der Waals surface area (Å²) in [7, 11) is -7.22. The van der Waals surface area contributed by atoms with Gasteiger partial charge >= 0.3 is 0 Å². The van der Waals surface area contributed by atoms with Crippen molar-refractivity contribution < 1.29 is 94.8 Å². The zero-order valence-electron chi connectivity index (χ0n) is 98.6. The van der Waals surface area contributed by atoms with Crippen molar-refractivity contribution >= 4 is 61.7 Å². The summed E-state index contributed by atoms with van der Waals surface area (Å²) in [6.45, 7) is -16.3. The number of benzene rings is 12. The first-order chi connectivity index (χ1) is 66.5. The molecule has 1 aliphatic carbocycles. The number of ether oxygens (including phenoxy) is 1. The number of rotatable bonds is 13. The zero-order chi connectivity index (χ0) is 107. The molecule has 0 amide bonds. The van der Waals surface area contributed by atoms with Crippen molar-refractivity contribution in [1.82, 2.24) is 14.1 Å². The third-order valence-corrected chi connectivity index (χ3v) is 21.0. The van der Waals surface area contributed by atoms with Gasteiger partial charge in [-0.2, -0.15) is 18.2 Å². The van der Waals surface area contributed by atoms with Crippen molar-refractivity contribution in [2.75, 3.05) is 0 Å². The summed E-state index contributed by atoms with van der Waals surface area (Å²) in [6.07, 6.45) is -5.84.